The van der Waals surface area contributed by atoms with Crippen molar-refractivity contribution in [2.24, 2.45) is 0 Å². The maximum absolute atomic E-state index is 12.0. The van der Waals surface area contributed by atoms with E-state index in [9.17, 15) is 4.79 Å². The molecule has 2 rings (SSSR count). The monoisotopic (exact) mass is 267 g/mol. The molecule has 0 bridgehead atoms. The summed E-state index contributed by atoms with van der Waals surface area (Å²) in [6.45, 7) is 2.25. The lowest BCUT2D eigenvalue weighted by Gasteiger charge is -2.23. The van der Waals surface area contributed by atoms with E-state index in [1.54, 1.807) is 16.7 Å². The Hall–Kier alpha value is -1.04. The smallest absolute Gasteiger partial charge is 0.236 e. The minimum absolute atomic E-state index is 0.0216. The van der Waals surface area contributed by atoms with Crippen LogP contribution in [0.4, 0.5) is 0 Å². The third kappa shape index (κ3) is 2.53. The zero-order chi connectivity index (χ0) is 13.1. The number of rotatable bonds is 4. The number of aliphatic hydroxyl groups is 2. The largest absolute Gasteiger partial charge is 0.395 e. The van der Waals surface area contributed by atoms with Crippen molar-refractivity contribution in [3.63, 3.8) is 0 Å². The van der Waals surface area contributed by atoms with Crippen LogP contribution >= 0.6 is 11.8 Å². The lowest BCUT2D eigenvalue weighted by molar-refractivity contribution is -0.130. The Kier molecular flexibility index (Phi) is 4.27. The Bertz CT molecular complexity index is 421. The molecule has 0 aromatic heterocycles. The zero-order valence-corrected chi connectivity index (χ0v) is 11.1. The Morgan fingerprint density at radius 3 is 2.50 bits per heavy atom. The molecule has 1 aliphatic heterocycles. The first kappa shape index (κ1) is 13.4. The first-order chi connectivity index (χ1) is 8.67. The van der Waals surface area contributed by atoms with Crippen LogP contribution in [-0.2, 0) is 11.4 Å². The van der Waals surface area contributed by atoms with Gasteiger partial charge < -0.3 is 15.1 Å². The number of amides is 1. The third-order valence-corrected chi connectivity index (χ3v) is 4.43. The summed E-state index contributed by atoms with van der Waals surface area (Å²) in [6.07, 6.45) is 0. The first-order valence-electron chi connectivity index (χ1n) is 5.94. The zero-order valence-electron chi connectivity index (χ0n) is 10.2. The van der Waals surface area contributed by atoms with E-state index in [0.717, 1.165) is 11.1 Å². The molecule has 18 heavy (non-hydrogen) atoms. The van der Waals surface area contributed by atoms with Crippen molar-refractivity contribution in [2.75, 3.05) is 13.2 Å². The Morgan fingerprint density at radius 2 is 1.94 bits per heavy atom. The molecule has 0 aliphatic carbocycles. The van der Waals surface area contributed by atoms with Crippen LogP contribution in [0.2, 0.25) is 0 Å². The van der Waals surface area contributed by atoms with Gasteiger partial charge in [0, 0.05) is 6.54 Å². The van der Waals surface area contributed by atoms with Crippen molar-refractivity contribution in [1.82, 2.24) is 4.90 Å². The van der Waals surface area contributed by atoms with Crippen LogP contribution in [0.15, 0.2) is 24.3 Å². The van der Waals surface area contributed by atoms with Crippen LogP contribution in [0.1, 0.15) is 23.4 Å². The highest BCUT2D eigenvalue weighted by Crippen LogP contribution is 2.42. The third-order valence-electron chi connectivity index (χ3n) is 3.04. The lowest BCUT2D eigenvalue weighted by atomic mass is 10.1. The molecule has 1 heterocycles. The Morgan fingerprint density at radius 1 is 1.28 bits per heavy atom. The van der Waals surface area contributed by atoms with Crippen LogP contribution in [0.3, 0.4) is 0 Å². The molecule has 2 atom stereocenters. The minimum Gasteiger partial charge on any atom is -0.395 e. The standard InChI is InChI=1S/C13H17NO3S/c1-9-12(17)14(6-7-15)13(18-9)11-4-2-10(8-16)3-5-11/h2-5,9,13,15-16H,6-8H2,1H3. The van der Waals surface area contributed by atoms with Gasteiger partial charge in [-0.15, -0.1) is 11.8 Å². The van der Waals surface area contributed by atoms with Crippen molar-refractivity contribution in [1.29, 1.82) is 0 Å². The second kappa shape index (κ2) is 5.73. The molecule has 0 saturated carbocycles. The first-order valence-corrected chi connectivity index (χ1v) is 6.88. The molecule has 1 amide bonds. The van der Waals surface area contributed by atoms with Gasteiger partial charge in [0.1, 0.15) is 5.37 Å². The molecule has 98 valence electrons. The number of hydrogen-bond donors (Lipinski definition) is 2. The highest BCUT2D eigenvalue weighted by molar-refractivity contribution is 8.01. The molecule has 1 fully saturated rings. The summed E-state index contributed by atoms with van der Waals surface area (Å²) in [4.78, 5) is 13.7. The normalized spacial score (nSPS) is 23.7. The van der Waals surface area contributed by atoms with Gasteiger partial charge in [-0.05, 0) is 18.1 Å². The van der Waals surface area contributed by atoms with Gasteiger partial charge in [0.15, 0.2) is 0 Å². The van der Waals surface area contributed by atoms with E-state index in [1.807, 2.05) is 31.2 Å². The molecular weight excluding hydrogens is 250 g/mol. The Labute approximate surface area is 111 Å². The number of thioether (sulfide) groups is 1. The highest BCUT2D eigenvalue weighted by Gasteiger charge is 2.37. The quantitative estimate of drug-likeness (QED) is 0.858. The fraction of sp³-hybridized carbons (Fsp3) is 0.462. The molecule has 0 spiro atoms. The van der Waals surface area contributed by atoms with Crippen LogP contribution < -0.4 is 0 Å². The second-order valence-corrected chi connectivity index (χ2v) is 5.71. The summed E-state index contributed by atoms with van der Waals surface area (Å²) in [6, 6.07) is 7.58. The van der Waals surface area contributed by atoms with Gasteiger partial charge in [-0.1, -0.05) is 24.3 Å². The number of carbonyl (C=O) groups excluding carboxylic acids is 1. The second-order valence-electron chi connectivity index (χ2n) is 4.29. The van der Waals surface area contributed by atoms with Crippen LogP contribution in [-0.4, -0.2) is 39.4 Å². The van der Waals surface area contributed by atoms with Crippen LogP contribution in [0.25, 0.3) is 0 Å². The summed E-state index contributed by atoms with van der Waals surface area (Å²) in [5.41, 5.74) is 1.89. The summed E-state index contributed by atoms with van der Waals surface area (Å²) in [7, 11) is 0. The summed E-state index contributed by atoms with van der Waals surface area (Å²) < 4.78 is 0. The molecule has 4 nitrogen and oxygen atoms in total. The van der Waals surface area contributed by atoms with Crippen LogP contribution in [0, 0.1) is 0 Å². The summed E-state index contributed by atoms with van der Waals surface area (Å²) in [5.74, 6) is 0.0743. The predicted molar refractivity (Wildman–Crippen MR) is 71.0 cm³/mol. The molecule has 1 aliphatic rings. The van der Waals surface area contributed by atoms with E-state index < -0.39 is 0 Å². The van der Waals surface area contributed by atoms with Crippen molar-refractivity contribution in [3.8, 4) is 0 Å². The fourth-order valence-corrected chi connectivity index (χ4v) is 3.36. The fourth-order valence-electron chi connectivity index (χ4n) is 2.06. The number of hydrogen-bond acceptors (Lipinski definition) is 4. The van der Waals surface area contributed by atoms with Gasteiger partial charge in [-0.3, -0.25) is 4.79 Å². The molecule has 5 heteroatoms. The summed E-state index contributed by atoms with van der Waals surface area (Å²) >= 11 is 1.59. The molecule has 0 radical (unpaired) electrons. The van der Waals surface area contributed by atoms with Crippen molar-refractivity contribution in [3.05, 3.63) is 35.4 Å². The van der Waals surface area contributed by atoms with E-state index in [1.165, 1.54) is 0 Å². The molecule has 1 saturated heterocycles. The van der Waals surface area contributed by atoms with Crippen molar-refractivity contribution < 1.29 is 15.0 Å². The minimum atomic E-state index is -0.0703. The van der Waals surface area contributed by atoms with Gasteiger partial charge >= 0.3 is 0 Å². The van der Waals surface area contributed by atoms with E-state index in [4.69, 9.17) is 10.2 Å². The number of β-amino-alcohol motifs (C(OH)–C–C–N with tert-alkyl or cyclic N) is 1. The molecular formula is C13H17NO3S. The van der Waals surface area contributed by atoms with Gasteiger partial charge in [-0.2, -0.15) is 0 Å². The maximum Gasteiger partial charge on any atom is 0.236 e. The predicted octanol–water partition coefficient (Wildman–Crippen LogP) is 1.13. The number of aliphatic hydroxyl groups excluding tert-OH is 2. The topological polar surface area (TPSA) is 60.8 Å². The van der Waals surface area contributed by atoms with E-state index in [0.29, 0.717) is 6.54 Å². The van der Waals surface area contributed by atoms with Gasteiger partial charge in [0.2, 0.25) is 5.91 Å². The molecule has 2 N–H and O–H groups in total. The SMILES string of the molecule is CC1SC(c2ccc(CO)cc2)N(CCO)C1=O. The van der Waals surface area contributed by atoms with E-state index in [2.05, 4.69) is 0 Å². The maximum atomic E-state index is 12.0. The average molecular weight is 267 g/mol. The molecule has 1 aromatic carbocycles. The van der Waals surface area contributed by atoms with Crippen LogP contribution in [0.5, 0.6) is 0 Å². The van der Waals surface area contributed by atoms with Gasteiger partial charge in [-0.25, -0.2) is 0 Å². The molecule has 2 unspecified atom stereocenters. The Balaban J connectivity index is 2.22. The summed E-state index contributed by atoms with van der Waals surface area (Å²) in [5, 5.41) is 17.9. The number of carbonyl (C=O) groups is 1. The lowest BCUT2D eigenvalue weighted by Crippen LogP contribution is -2.32. The highest BCUT2D eigenvalue weighted by atomic mass is 32.2. The van der Waals surface area contributed by atoms with E-state index >= 15 is 0 Å². The number of benzene rings is 1. The van der Waals surface area contributed by atoms with Crippen molar-refractivity contribution >= 4 is 17.7 Å². The average Bonchev–Trinajstić information content (AvgIpc) is 2.68. The molecule has 1 aromatic rings. The van der Waals surface area contributed by atoms with E-state index in [-0.39, 0.29) is 29.7 Å². The van der Waals surface area contributed by atoms with Gasteiger partial charge in [0.25, 0.3) is 0 Å². The number of nitrogens with zero attached hydrogens (tertiary/aromatic N) is 1. The van der Waals surface area contributed by atoms with Gasteiger partial charge in [0.05, 0.1) is 18.5 Å². The van der Waals surface area contributed by atoms with Crippen molar-refractivity contribution in [2.45, 2.75) is 24.2 Å².